The summed E-state index contributed by atoms with van der Waals surface area (Å²) < 4.78 is 1.17. The van der Waals surface area contributed by atoms with E-state index in [4.69, 9.17) is 5.73 Å². The fourth-order valence-electron chi connectivity index (χ4n) is 3.17. The molecule has 94 valence electrons. The summed E-state index contributed by atoms with van der Waals surface area (Å²) in [5, 5.41) is 0. The third-order valence-electron chi connectivity index (χ3n) is 4.28. The molecule has 1 nitrogen and oxygen atoms in total. The van der Waals surface area contributed by atoms with Gasteiger partial charge in [0.15, 0.2) is 0 Å². The van der Waals surface area contributed by atoms with Crippen molar-refractivity contribution in [1.82, 2.24) is 0 Å². The van der Waals surface area contributed by atoms with Crippen molar-refractivity contribution in [2.75, 3.05) is 6.54 Å². The second kappa shape index (κ2) is 5.53. The lowest BCUT2D eigenvalue weighted by atomic mass is 9.79. The van der Waals surface area contributed by atoms with Crippen molar-refractivity contribution in [3.63, 3.8) is 0 Å². The van der Waals surface area contributed by atoms with Gasteiger partial charge < -0.3 is 5.73 Å². The molecule has 2 atom stereocenters. The molecule has 17 heavy (non-hydrogen) atoms. The van der Waals surface area contributed by atoms with Crippen LogP contribution in [-0.2, 0) is 6.42 Å². The Kier molecular flexibility index (Phi) is 4.26. The molecule has 0 saturated heterocycles. The molecule has 2 heteroatoms. The summed E-state index contributed by atoms with van der Waals surface area (Å²) in [6.45, 7) is 3.13. The van der Waals surface area contributed by atoms with Crippen molar-refractivity contribution in [2.24, 2.45) is 17.1 Å². The van der Waals surface area contributed by atoms with Gasteiger partial charge in [0.2, 0.25) is 0 Å². The molecule has 1 aromatic rings. The minimum absolute atomic E-state index is 0.363. The summed E-state index contributed by atoms with van der Waals surface area (Å²) in [6, 6.07) is 8.66. The fourth-order valence-corrected chi connectivity index (χ4v) is 3.62. The first-order valence-corrected chi connectivity index (χ1v) is 7.41. The zero-order chi connectivity index (χ0) is 12.3. The maximum Gasteiger partial charge on any atom is 0.0177 e. The highest BCUT2D eigenvalue weighted by Crippen LogP contribution is 2.44. The Hall–Kier alpha value is -0.340. The van der Waals surface area contributed by atoms with Gasteiger partial charge in [0, 0.05) is 4.47 Å². The van der Waals surface area contributed by atoms with Crippen LogP contribution in [0.5, 0.6) is 0 Å². The van der Waals surface area contributed by atoms with Crippen molar-refractivity contribution in [2.45, 2.75) is 39.0 Å². The summed E-state index contributed by atoms with van der Waals surface area (Å²) in [4.78, 5) is 0. The van der Waals surface area contributed by atoms with Crippen LogP contribution in [0.25, 0.3) is 0 Å². The summed E-state index contributed by atoms with van der Waals surface area (Å²) in [6.07, 6.45) is 6.42. The molecular weight excluding hydrogens is 274 g/mol. The highest BCUT2D eigenvalue weighted by atomic mass is 79.9. The summed E-state index contributed by atoms with van der Waals surface area (Å²) >= 11 is 3.55. The van der Waals surface area contributed by atoms with E-state index in [9.17, 15) is 0 Å². The Morgan fingerprint density at radius 3 is 2.88 bits per heavy atom. The van der Waals surface area contributed by atoms with Crippen LogP contribution in [-0.4, -0.2) is 6.54 Å². The van der Waals surface area contributed by atoms with Crippen molar-refractivity contribution >= 4 is 15.9 Å². The number of hydrogen-bond acceptors (Lipinski definition) is 1. The van der Waals surface area contributed by atoms with Crippen LogP contribution in [0.4, 0.5) is 0 Å². The summed E-state index contributed by atoms with van der Waals surface area (Å²) in [5.41, 5.74) is 7.84. The van der Waals surface area contributed by atoms with Crippen LogP contribution in [0.3, 0.4) is 0 Å². The van der Waals surface area contributed by atoms with Crippen LogP contribution in [0.1, 0.15) is 38.2 Å². The predicted molar refractivity (Wildman–Crippen MR) is 77.0 cm³/mol. The van der Waals surface area contributed by atoms with Gasteiger partial charge in [-0.25, -0.2) is 0 Å². The standard InChI is InChI=1S/C15H22BrN/c1-2-12-6-7-15(9-12,11-17)10-13-4-3-5-14(16)8-13/h3-5,8,12H,2,6-7,9-11,17H2,1H3. The second-order valence-electron chi connectivity index (χ2n) is 5.53. The zero-order valence-corrected chi connectivity index (χ0v) is 12.2. The molecule has 1 aliphatic rings. The summed E-state index contributed by atoms with van der Waals surface area (Å²) in [5.74, 6) is 0.894. The van der Waals surface area contributed by atoms with E-state index in [1.165, 1.54) is 35.7 Å². The molecule has 0 amide bonds. The number of benzene rings is 1. The topological polar surface area (TPSA) is 26.0 Å². The molecule has 1 fully saturated rings. The van der Waals surface area contributed by atoms with E-state index in [1.807, 2.05) is 0 Å². The number of nitrogens with two attached hydrogens (primary N) is 1. The van der Waals surface area contributed by atoms with E-state index in [0.717, 1.165) is 18.9 Å². The molecule has 0 bridgehead atoms. The lowest BCUT2D eigenvalue weighted by Crippen LogP contribution is -2.30. The average molecular weight is 296 g/mol. The Morgan fingerprint density at radius 1 is 1.47 bits per heavy atom. The molecular formula is C15H22BrN. The van der Waals surface area contributed by atoms with Crippen LogP contribution < -0.4 is 5.73 Å². The lowest BCUT2D eigenvalue weighted by Gasteiger charge is -2.28. The fraction of sp³-hybridized carbons (Fsp3) is 0.600. The van der Waals surface area contributed by atoms with Gasteiger partial charge in [-0.05, 0) is 61.3 Å². The minimum Gasteiger partial charge on any atom is -0.330 e. The van der Waals surface area contributed by atoms with Crippen molar-refractivity contribution in [3.8, 4) is 0 Å². The van der Waals surface area contributed by atoms with Crippen molar-refractivity contribution in [3.05, 3.63) is 34.3 Å². The largest absolute Gasteiger partial charge is 0.330 e. The first-order valence-electron chi connectivity index (χ1n) is 6.62. The SMILES string of the molecule is CCC1CCC(CN)(Cc2cccc(Br)c2)C1. The van der Waals surface area contributed by atoms with Crippen LogP contribution in [0.2, 0.25) is 0 Å². The molecule has 2 rings (SSSR count). The van der Waals surface area contributed by atoms with Crippen LogP contribution >= 0.6 is 15.9 Å². The molecule has 2 unspecified atom stereocenters. The number of hydrogen-bond donors (Lipinski definition) is 1. The second-order valence-corrected chi connectivity index (χ2v) is 6.44. The van der Waals surface area contributed by atoms with Gasteiger partial charge in [0.25, 0.3) is 0 Å². The van der Waals surface area contributed by atoms with Gasteiger partial charge in [-0.2, -0.15) is 0 Å². The van der Waals surface area contributed by atoms with Gasteiger partial charge in [0.05, 0.1) is 0 Å². The van der Waals surface area contributed by atoms with E-state index >= 15 is 0 Å². The van der Waals surface area contributed by atoms with E-state index in [2.05, 4.69) is 47.1 Å². The minimum atomic E-state index is 0.363. The Labute approximate surface area is 113 Å². The average Bonchev–Trinajstić information content (AvgIpc) is 2.73. The van der Waals surface area contributed by atoms with Gasteiger partial charge in [-0.15, -0.1) is 0 Å². The third kappa shape index (κ3) is 3.11. The van der Waals surface area contributed by atoms with Crippen LogP contribution in [0, 0.1) is 11.3 Å². The van der Waals surface area contributed by atoms with Crippen molar-refractivity contribution in [1.29, 1.82) is 0 Å². The summed E-state index contributed by atoms with van der Waals surface area (Å²) in [7, 11) is 0. The first kappa shape index (κ1) is 13.1. The molecule has 0 spiro atoms. The Balaban J connectivity index is 2.10. The molecule has 0 aliphatic heterocycles. The van der Waals surface area contributed by atoms with Crippen molar-refractivity contribution < 1.29 is 0 Å². The Morgan fingerprint density at radius 2 is 2.29 bits per heavy atom. The zero-order valence-electron chi connectivity index (χ0n) is 10.6. The smallest absolute Gasteiger partial charge is 0.0177 e. The molecule has 0 heterocycles. The van der Waals surface area contributed by atoms with E-state index in [0.29, 0.717) is 5.41 Å². The van der Waals surface area contributed by atoms with Crippen LogP contribution in [0.15, 0.2) is 28.7 Å². The predicted octanol–water partition coefficient (Wildman–Crippen LogP) is 4.15. The monoisotopic (exact) mass is 295 g/mol. The highest BCUT2D eigenvalue weighted by Gasteiger charge is 2.37. The third-order valence-corrected chi connectivity index (χ3v) is 4.78. The highest BCUT2D eigenvalue weighted by molar-refractivity contribution is 9.10. The normalized spacial score (nSPS) is 28.5. The van der Waals surface area contributed by atoms with Gasteiger partial charge in [0.1, 0.15) is 0 Å². The lowest BCUT2D eigenvalue weighted by molar-refractivity contribution is 0.290. The molecule has 0 radical (unpaired) electrons. The number of halogens is 1. The molecule has 0 aromatic heterocycles. The molecule has 1 aliphatic carbocycles. The van der Waals surface area contributed by atoms with E-state index in [-0.39, 0.29) is 0 Å². The molecule has 1 aromatic carbocycles. The maximum atomic E-state index is 6.06. The number of rotatable bonds is 4. The van der Waals surface area contributed by atoms with Gasteiger partial charge >= 0.3 is 0 Å². The van der Waals surface area contributed by atoms with Gasteiger partial charge in [-0.1, -0.05) is 41.4 Å². The Bertz CT molecular complexity index is 377. The van der Waals surface area contributed by atoms with Gasteiger partial charge in [-0.3, -0.25) is 0 Å². The molecule has 1 saturated carbocycles. The maximum absolute atomic E-state index is 6.06. The quantitative estimate of drug-likeness (QED) is 0.887. The first-order chi connectivity index (χ1) is 8.17. The van der Waals surface area contributed by atoms with E-state index < -0.39 is 0 Å². The van der Waals surface area contributed by atoms with E-state index in [1.54, 1.807) is 0 Å². The molecule has 2 N–H and O–H groups in total.